The van der Waals surface area contributed by atoms with E-state index in [-0.39, 0.29) is 17.7 Å². The van der Waals surface area contributed by atoms with Gasteiger partial charge in [0, 0.05) is 30.7 Å². The zero-order valence-corrected chi connectivity index (χ0v) is 17.6. The summed E-state index contributed by atoms with van der Waals surface area (Å²) in [6, 6.07) is 8.81. The first-order chi connectivity index (χ1) is 14.8. The van der Waals surface area contributed by atoms with E-state index in [1.807, 2.05) is 4.90 Å². The van der Waals surface area contributed by atoms with Crippen LogP contribution in [0.4, 0.5) is 29.3 Å². The molecule has 3 amide bonds. The van der Waals surface area contributed by atoms with Crippen LogP contribution in [0.3, 0.4) is 0 Å². The van der Waals surface area contributed by atoms with Crippen LogP contribution in [-0.4, -0.2) is 40.7 Å². The highest BCUT2D eigenvalue weighted by molar-refractivity contribution is 7.99. The number of hydrogen-bond acceptors (Lipinski definition) is 4. The summed E-state index contributed by atoms with van der Waals surface area (Å²) in [5.41, 5.74) is 0.360. The van der Waals surface area contributed by atoms with E-state index in [1.165, 1.54) is 6.07 Å². The summed E-state index contributed by atoms with van der Waals surface area (Å²) in [4.78, 5) is 30.0. The van der Waals surface area contributed by atoms with Crippen molar-refractivity contribution in [1.29, 1.82) is 0 Å². The predicted molar refractivity (Wildman–Crippen MR) is 114 cm³/mol. The van der Waals surface area contributed by atoms with Gasteiger partial charge in [-0.05, 0) is 49.2 Å². The molecule has 0 spiro atoms. The third kappa shape index (κ3) is 7.16. The first-order valence-corrected chi connectivity index (χ1v) is 10.9. The lowest BCUT2D eigenvalue weighted by atomic mass is 10.2. The molecule has 1 fully saturated rings. The quantitative estimate of drug-likeness (QED) is 0.609. The van der Waals surface area contributed by atoms with Gasteiger partial charge in [-0.3, -0.25) is 4.79 Å². The average molecular weight is 453 g/mol. The molecule has 0 unspecified atom stereocenters. The lowest BCUT2D eigenvalue weighted by molar-refractivity contribution is -0.137. The van der Waals surface area contributed by atoms with Gasteiger partial charge in [-0.25, -0.2) is 9.78 Å². The van der Waals surface area contributed by atoms with Gasteiger partial charge < -0.3 is 15.5 Å². The second-order valence-electron chi connectivity index (χ2n) is 7.13. The molecule has 2 N–H and O–H groups in total. The van der Waals surface area contributed by atoms with Crippen LogP contribution in [0.15, 0.2) is 47.6 Å². The standard InChI is InChI=1S/C21H23F3N4O2S/c22-21(23,24)15-5-10-19(25-13-15)31-14-18(29)26-16-6-8-17(9-7-16)27-20(30)28-11-3-1-2-4-12-28/h5-10,13H,1-4,11-12,14H2,(H,26,29)(H,27,30). The molecule has 6 nitrogen and oxygen atoms in total. The highest BCUT2D eigenvalue weighted by atomic mass is 32.2. The molecule has 10 heteroatoms. The fraction of sp³-hybridized carbons (Fsp3) is 0.381. The van der Waals surface area contributed by atoms with Crippen LogP contribution in [0, 0.1) is 0 Å². The van der Waals surface area contributed by atoms with Crippen molar-refractivity contribution in [3.8, 4) is 0 Å². The molecule has 1 aromatic heterocycles. The second kappa shape index (κ2) is 10.5. The number of hydrogen-bond donors (Lipinski definition) is 2. The summed E-state index contributed by atoms with van der Waals surface area (Å²) < 4.78 is 37.6. The number of amides is 3. The lowest BCUT2D eigenvalue weighted by Crippen LogP contribution is -2.35. The van der Waals surface area contributed by atoms with Crippen molar-refractivity contribution in [1.82, 2.24) is 9.88 Å². The van der Waals surface area contributed by atoms with Gasteiger partial charge in [0.2, 0.25) is 5.91 Å². The summed E-state index contributed by atoms with van der Waals surface area (Å²) in [6.45, 7) is 1.51. The number of benzene rings is 1. The molecule has 1 aromatic carbocycles. The van der Waals surface area contributed by atoms with Crippen molar-refractivity contribution in [2.24, 2.45) is 0 Å². The Labute approximate surface area is 182 Å². The highest BCUT2D eigenvalue weighted by Gasteiger charge is 2.30. The van der Waals surface area contributed by atoms with Gasteiger partial charge in [0.25, 0.3) is 0 Å². The molecule has 3 rings (SSSR count). The highest BCUT2D eigenvalue weighted by Crippen LogP contribution is 2.29. The topological polar surface area (TPSA) is 74.3 Å². The van der Waals surface area contributed by atoms with E-state index in [0.29, 0.717) is 16.4 Å². The maximum atomic E-state index is 12.5. The second-order valence-corrected chi connectivity index (χ2v) is 8.12. The molecule has 1 aliphatic heterocycles. The minimum atomic E-state index is -4.44. The summed E-state index contributed by atoms with van der Waals surface area (Å²) in [7, 11) is 0. The Kier molecular flexibility index (Phi) is 7.78. The lowest BCUT2D eigenvalue weighted by Gasteiger charge is -2.20. The van der Waals surface area contributed by atoms with Crippen LogP contribution >= 0.6 is 11.8 Å². The van der Waals surface area contributed by atoms with Crippen molar-refractivity contribution < 1.29 is 22.8 Å². The van der Waals surface area contributed by atoms with E-state index >= 15 is 0 Å². The number of urea groups is 1. The largest absolute Gasteiger partial charge is 0.417 e. The molecule has 2 aromatic rings. The van der Waals surface area contributed by atoms with Gasteiger partial charge in [-0.15, -0.1) is 0 Å². The molecule has 1 saturated heterocycles. The number of nitrogens with one attached hydrogen (secondary N) is 2. The molecular formula is C21H23F3N4O2S. The molecular weight excluding hydrogens is 429 g/mol. The van der Waals surface area contributed by atoms with E-state index in [9.17, 15) is 22.8 Å². The Bertz CT molecular complexity index is 881. The zero-order chi connectivity index (χ0) is 22.3. The maximum absolute atomic E-state index is 12.5. The van der Waals surface area contributed by atoms with Crippen LogP contribution in [-0.2, 0) is 11.0 Å². The Morgan fingerprint density at radius 2 is 1.55 bits per heavy atom. The van der Waals surface area contributed by atoms with Gasteiger partial charge in [0.1, 0.15) is 0 Å². The Balaban J connectivity index is 1.45. The normalized spacial score (nSPS) is 14.6. The van der Waals surface area contributed by atoms with Gasteiger partial charge in [-0.1, -0.05) is 24.6 Å². The molecule has 0 bridgehead atoms. The summed E-state index contributed by atoms with van der Waals surface area (Å²) in [6.07, 6.45) is 0.624. The zero-order valence-electron chi connectivity index (χ0n) is 16.7. The van der Waals surface area contributed by atoms with Crippen molar-refractivity contribution in [3.63, 3.8) is 0 Å². The number of aromatic nitrogens is 1. The smallest absolute Gasteiger partial charge is 0.325 e. The fourth-order valence-electron chi connectivity index (χ4n) is 3.08. The Hall–Kier alpha value is -2.75. The van der Waals surface area contributed by atoms with Crippen molar-refractivity contribution >= 4 is 35.1 Å². The monoisotopic (exact) mass is 452 g/mol. The van der Waals surface area contributed by atoms with E-state index in [1.54, 1.807) is 24.3 Å². The summed E-state index contributed by atoms with van der Waals surface area (Å²) in [5.74, 6) is -0.306. The number of thioether (sulfide) groups is 1. The summed E-state index contributed by atoms with van der Waals surface area (Å²) in [5, 5.41) is 5.90. The Morgan fingerprint density at radius 3 is 2.10 bits per heavy atom. The van der Waals surface area contributed by atoms with Gasteiger partial charge in [0.15, 0.2) is 0 Å². The SMILES string of the molecule is O=C(CSc1ccc(C(F)(F)F)cn1)Nc1ccc(NC(=O)N2CCCCCC2)cc1. The van der Waals surface area contributed by atoms with E-state index < -0.39 is 11.7 Å². The van der Waals surface area contributed by atoms with Crippen LogP contribution in [0.5, 0.6) is 0 Å². The number of likely N-dealkylation sites (tertiary alicyclic amines) is 1. The molecule has 1 aliphatic rings. The molecule has 0 atom stereocenters. The average Bonchev–Trinajstić information content (AvgIpc) is 3.03. The van der Waals surface area contributed by atoms with Crippen LogP contribution in [0.25, 0.3) is 0 Å². The van der Waals surface area contributed by atoms with Crippen molar-refractivity contribution in [3.05, 3.63) is 48.2 Å². The third-order valence-electron chi connectivity index (χ3n) is 4.73. The van der Waals surface area contributed by atoms with Crippen LogP contribution < -0.4 is 10.6 Å². The van der Waals surface area contributed by atoms with E-state index in [0.717, 1.165) is 62.8 Å². The molecule has 0 radical (unpaired) electrons. The number of carbonyl (C=O) groups is 2. The number of pyridine rings is 1. The Morgan fingerprint density at radius 1 is 0.935 bits per heavy atom. The predicted octanol–water partition coefficient (Wildman–Crippen LogP) is 5.24. The number of rotatable bonds is 5. The van der Waals surface area contributed by atoms with Crippen molar-refractivity contribution in [2.45, 2.75) is 36.9 Å². The van der Waals surface area contributed by atoms with E-state index in [2.05, 4.69) is 15.6 Å². The number of nitrogens with zero attached hydrogens (tertiary/aromatic N) is 2. The number of halogens is 3. The minimum absolute atomic E-state index is 0.00577. The minimum Gasteiger partial charge on any atom is -0.325 e. The van der Waals surface area contributed by atoms with Crippen LogP contribution in [0.2, 0.25) is 0 Å². The van der Waals surface area contributed by atoms with Gasteiger partial charge in [0.05, 0.1) is 16.3 Å². The van der Waals surface area contributed by atoms with Gasteiger partial charge in [-0.2, -0.15) is 13.2 Å². The van der Waals surface area contributed by atoms with E-state index in [4.69, 9.17) is 0 Å². The third-order valence-corrected chi connectivity index (χ3v) is 5.67. The summed E-state index contributed by atoms with van der Waals surface area (Å²) >= 11 is 1.04. The number of anilines is 2. The number of alkyl halides is 3. The molecule has 0 aliphatic carbocycles. The first-order valence-electron chi connectivity index (χ1n) is 9.93. The van der Waals surface area contributed by atoms with Crippen molar-refractivity contribution in [2.75, 3.05) is 29.5 Å². The number of carbonyl (C=O) groups excluding carboxylic acids is 2. The van der Waals surface area contributed by atoms with Crippen LogP contribution in [0.1, 0.15) is 31.2 Å². The molecule has 31 heavy (non-hydrogen) atoms. The first kappa shape index (κ1) is 22.9. The van der Waals surface area contributed by atoms with Gasteiger partial charge >= 0.3 is 12.2 Å². The molecule has 2 heterocycles. The molecule has 166 valence electrons. The fourth-order valence-corrected chi connectivity index (χ4v) is 3.73. The maximum Gasteiger partial charge on any atom is 0.417 e. The molecule has 0 saturated carbocycles.